The van der Waals surface area contributed by atoms with E-state index in [0.717, 1.165) is 27.4 Å². The number of rotatable bonds is 1. The number of aryl methyl sites for hydroxylation is 1. The minimum Gasteiger partial charge on any atom is -0.349 e. The van der Waals surface area contributed by atoms with Crippen molar-refractivity contribution in [3.8, 4) is 0 Å². The molecule has 0 saturated carbocycles. The molecular weight excluding hydrogens is 230 g/mol. The molecule has 0 radical (unpaired) electrons. The van der Waals surface area contributed by atoms with E-state index in [-0.39, 0.29) is 0 Å². The van der Waals surface area contributed by atoms with Crippen LogP contribution in [0.3, 0.4) is 0 Å². The maximum Gasteiger partial charge on any atom is 0.153 e. The summed E-state index contributed by atoms with van der Waals surface area (Å²) in [7, 11) is 0. The first-order valence-electron chi connectivity index (χ1n) is 3.95. The molecule has 0 atom stereocenters. The molecule has 0 bridgehead atoms. The number of benzene rings is 1. The number of aromatic nitrogens is 1. The molecule has 3 heteroatoms. The van der Waals surface area contributed by atoms with Crippen molar-refractivity contribution in [2.45, 2.75) is 6.92 Å². The first-order chi connectivity index (χ1) is 6.22. The van der Waals surface area contributed by atoms with Gasteiger partial charge < -0.3 is 4.98 Å². The molecule has 0 unspecified atom stereocenters. The first kappa shape index (κ1) is 8.51. The van der Waals surface area contributed by atoms with Gasteiger partial charge in [-0.25, -0.2) is 0 Å². The normalized spacial score (nSPS) is 10.6. The third-order valence-electron chi connectivity index (χ3n) is 2.06. The van der Waals surface area contributed by atoms with Gasteiger partial charge in [0, 0.05) is 10.9 Å². The number of halogens is 1. The van der Waals surface area contributed by atoms with Crippen molar-refractivity contribution >= 4 is 33.1 Å². The van der Waals surface area contributed by atoms with Gasteiger partial charge in [-0.1, -0.05) is 11.6 Å². The van der Waals surface area contributed by atoms with Crippen LogP contribution in [0.25, 0.3) is 10.9 Å². The lowest BCUT2D eigenvalue weighted by atomic mass is 10.1. The highest BCUT2D eigenvalue weighted by Crippen LogP contribution is 2.25. The highest BCUT2D eigenvalue weighted by atomic mass is 79.9. The number of aromatic amines is 1. The molecule has 2 rings (SSSR count). The molecule has 66 valence electrons. The van der Waals surface area contributed by atoms with Crippen LogP contribution in [0.2, 0.25) is 0 Å². The molecule has 1 aromatic carbocycles. The summed E-state index contributed by atoms with van der Waals surface area (Å²) in [4.78, 5) is 13.9. The number of carbonyl (C=O) groups excluding carboxylic acids is 1. The fourth-order valence-electron chi connectivity index (χ4n) is 1.41. The number of hydrogen-bond acceptors (Lipinski definition) is 1. The minimum absolute atomic E-state index is 0.693. The molecule has 0 spiro atoms. The van der Waals surface area contributed by atoms with Crippen LogP contribution < -0.4 is 0 Å². The maximum absolute atomic E-state index is 10.8. The molecule has 0 aliphatic heterocycles. The van der Waals surface area contributed by atoms with Crippen LogP contribution in [0.1, 0.15) is 15.9 Å². The SMILES string of the molecule is Cc1ccc2[nH]c(Br)c(C=O)c2c1. The Hall–Kier alpha value is -1.09. The molecule has 13 heavy (non-hydrogen) atoms. The molecule has 1 aromatic heterocycles. The summed E-state index contributed by atoms with van der Waals surface area (Å²) < 4.78 is 0.753. The van der Waals surface area contributed by atoms with Crippen LogP contribution in [0.15, 0.2) is 22.8 Å². The first-order valence-corrected chi connectivity index (χ1v) is 4.74. The largest absolute Gasteiger partial charge is 0.349 e. The van der Waals surface area contributed by atoms with Gasteiger partial charge in [0.25, 0.3) is 0 Å². The van der Waals surface area contributed by atoms with Crippen LogP contribution in [0, 0.1) is 6.92 Å². The molecule has 0 saturated heterocycles. The topological polar surface area (TPSA) is 32.9 Å². The summed E-state index contributed by atoms with van der Waals surface area (Å²) >= 11 is 3.31. The third-order valence-corrected chi connectivity index (χ3v) is 2.69. The van der Waals surface area contributed by atoms with Gasteiger partial charge in [0.05, 0.1) is 10.2 Å². The molecular formula is C10H8BrNO. The van der Waals surface area contributed by atoms with Crippen molar-refractivity contribution in [3.63, 3.8) is 0 Å². The fourth-order valence-corrected chi connectivity index (χ4v) is 1.93. The van der Waals surface area contributed by atoms with Gasteiger partial charge >= 0.3 is 0 Å². The maximum atomic E-state index is 10.8. The lowest BCUT2D eigenvalue weighted by Crippen LogP contribution is -1.77. The average molecular weight is 238 g/mol. The standard InChI is InChI=1S/C10H8BrNO/c1-6-2-3-9-7(4-6)8(5-13)10(11)12-9/h2-5,12H,1H3. The van der Waals surface area contributed by atoms with E-state index in [1.165, 1.54) is 0 Å². The molecule has 2 nitrogen and oxygen atoms in total. The quantitative estimate of drug-likeness (QED) is 0.761. The fraction of sp³-hybridized carbons (Fsp3) is 0.100. The van der Waals surface area contributed by atoms with Gasteiger partial charge in [-0.15, -0.1) is 0 Å². The number of aldehydes is 1. The van der Waals surface area contributed by atoms with Crippen LogP contribution in [-0.4, -0.2) is 11.3 Å². The summed E-state index contributed by atoms with van der Waals surface area (Å²) in [6.45, 7) is 2.01. The minimum atomic E-state index is 0.693. The Kier molecular flexibility index (Phi) is 1.96. The number of carbonyl (C=O) groups is 1. The third kappa shape index (κ3) is 1.29. The Morgan fingerprint density at radius 3 is 2.92 bits per heavy atom. The van der Waals surface area contributed by atoms with Crippen molar-refractivity contribution in [1.29, 1.82) is 0 Å². The highest BCUT2D eigenvalue weighted by Gasteiger charge is 2.07. The van der Waals surface area contributed by atoms with Crippen LogP contribution in [0.5, 0.6) is 0 Å². The highest BCUT2D eigenvalue weighted by molar-refractivity contribution is 9.10. The number of H-pyrrole nitrogens is 1. The molecule has 0 amide bonds. The lowest BCUT2D eigenvalue weighted by molar-refractivity contribution is 0.112. The van der Waals surface area contributed by atoms with Crippen molar-refractivity contribution in [2.75, 3.05) is 0 Å². The van der Waals surface area contributed by atoms with Crippen molar-refractivity contribution in [3.05, 3.63) is 33.9 Å². The summed E-state index contributed by atoms with van der Waals surface area (Å²) in [6.07, 6.45) is 0.863. The summed E-state index contributed by atoms with van der Waals surface area (Å²) in [5, 5.41) is 0.974. The second-order valence-electron chi connectivity index (χ2n) is 3.02. The van der Waals surface area contributed by atoms with Crippen molar-refractivity contribution in [1.82, 2.24) is 4.98 Å². The van der Waals surface area contributed by atoms with Gasteiger partial charge in [-0.2, -0.15) is 0 Å². The summed E-state index contributed by atoms with van der Waals surface area (Å²) in [5.74, 6) is 0. The Balaban J connectivity index is 2.88. The van der Waals surface area contributed by atoms with E-state index in [1.54, 1.807) is 0 Å². The molecule has 0 fully saturated rings. The summed E-state index contributed by atoms with van der Waals surface area (Å²) in [5.41, 5.74) is 2.83. The Labute approximate surface area is 84.1 Å². The van der Waals surface area contributed by atoms with E-state index in [9.17, 15) is 4.79 Å². The zero-order valence-corrected chi connectivity index (χ0v) is 8.68. The van der Waals surface area contributed by atoms with Crippen LogP contribution >= 0.6 is 15.9 Å². The Morgan fingerprint density at radius 1 is 1.46 bits per heavy atom. The van der Waals surface area contributed by atoms with E-state index < -0.39 is 0 Å². The van der Waals surface area contributed by atoms with Crippen molar-refractivity contribution in [2.24, 2.45) is 0 Å². The van der Waals surface area contributed by atoms with Gasteiger partial charge in [0.2, 0.25) is 0 Å². The Morgan fingerprint density at radius 2 is 2.23 bits per heavy atom. The zero-order chi connectivity index (χ0) is 9.42. The predicted octanol–water partition coefficient (Wildman–Crippen LogP) is 3.05. The second kappa shape index (κ2) is 3.00. The molecule has 0 aliphatic carbocycles. The van der Waals surface area contributed by atoms with Gasteiger partial charge in [-0.05, 0) is 35.0 Å². The number of nitrogens with one attached hydrogen (secondary N) is 1. The number of fused-ring (bicyclic) bond motifs is 1. The monoisotopic (exact) mass is 237 g/mol. The molecule has 2 aromatic rings. The van der Waals surface area contributed by atoms with Crippen LogP contribution in [-0.2, 0) is 0 Å². The molecule has 0 aliphatic rings. The van der Waals surface area contributed by atoms with Crippen LogP contribution in [0.4, 0.5) is 0 Å². The van der Waals surface area contributed by atoms with Crippen molar-refractivity contribution < 1.29 is 4.79 Å². The summed E-state index contributed by atoms with van der Waals surface area (Å²) in [6, 6.07) is 5.99. The van der Waals surface area contributed by atoms with E-state index in [2.05, 4.69) is 20.9 Å². The van der Waals surface area contributed by atoms with Gasteiger partial charge in [0.15, 0.2) is 6.29 Å². The second-order valence-corrected chi connectivity index (χ2v) is 3.81. The molecule has 1 heterocycles. The van der Waals surface area contributed by atoms with E-state index >= 15 is 0 Å². The smallest absolute Gasteiger partial charge is 0.153 e. The molecule has 1 N–H and O–H groups in total. The lowest BCUT2D eigenvalue weighted by Gasteiger charge is -1.92. The van der Waals surface area contributed by atoms with Gasteiger partial charge in [-0.3, -0.25) is 4.79 Å². The van der Waals surface area contributed by atoms with E-state index in [4.69, 9.17) is 0 Å². The number of hydrogen-bond donors (Lipinski definition) is 1. The Bertz CT molecular complexity index is 473. The predicted molar refractivity (Wildman–Crippen MR) is 56.1 cm³/mol. The van der Waals surface area contributed by atoms with Gasteiger partial charge in [0.1, 0.15) is 0 Å². The van der Waals surface area contributed by atoms with E-state index in [1.807, 2.05) is 25.1 Å². The zero-order valence-electron chi connectivity index (χ0n) is 7.10. The van der Waals surface area contributed by atoms with E-state index in [0.29, 0.717) is 5.56 Å². The average Bonchev–Trinajstić information content (AvgIpc) is 2.40.